The Bertz CT molecular complexity index is 691. The fourth-order valence-electron chi connectivity index (χ4n) is 2.60. The first-order valence-electron chi connectivity index (χ1n) is 8.08. The van der Waals surface area contributed by atoms with Gasteiger partial charge in [-0.25, -0.2) is 4.79 Å². The first-order chi connectivity index (χ1) is 11.5. The van der Waals surface area contributed by atoms with Crippen LogP contribution in [-0.2, 0) is 9.47 Å². The van der Waals surface area contributed by atoms with Crippen molar-refractivity contribution in [2.45, 2.75) is 52.0 Å². The van der Waals surface area contributed by atoms with Gasteiger partial charge in [-0.2, -0.15) is 0 Å². The van der Waals surface area contributed by atoms with Gasteiger partial charge in [0.05, 0.1) is 17.6 Å². The molecule has 1 heterocycles. The number of benzene rings is 1. The van der Waals surface area contributed by atoms with E-state index in [1.807, 2.05) is 20.8 Å². The van der Waals surface area contributed by atoms with Gasteiger partial charge in [-0.05, 0) is 40.2 Å². The molecule has 1 saturated heterocycles. The number of rotatable bonds is 3. The van der Waals surface area contributed by atoms with Crippen molar-refractivity contribution in [2.24, 2.45) is 0 Å². The van der Waals surface area contributed by atoms with Gasteiger partial charge >= 0.3 is 6.09 Å². The van der Waals surface area contributed by atoms with Crippen LogP contribution in [0.3, 0.4) is 0 Å². The third kappa shape index (κ3) is 4.79. The van der Waals surface area contributed by atoms with Gasteiger partial charge in [0.1, 0.15) is 11.3 Å². The molecule has 1 amide bonds. The summed E-state index contributed by atoms with van der Waals surface area (Å²) in [6, 6.07) is 5.99. The summed E-state index contributed by atoms with van der Waals surface area (Å²) in [5.41, 5.74) is -0.693. The minimum atomic E-state index is -0.792. The average Bonchev–Trinajstić information content (AvgIpc) is 2.78. The third-order valence-corrected chi connectivity index (χ3v) is 3.70. The van der Waals surface area contributed by atoms with Crippen LogP contribution in [0, 0.1) is 10.1 Å². The van der Waals surface area contributed by atoms with Gasteiger partial charge in [-0.1, -0.05) is 24.3 Å². The van der Waals surface area contributed by atoms with E-state index in [0.29, 0.717) is 12.2 Å². The lowest BCUT2D eigenvalue weighted by molar-refractivity contribution is -0.384. The van der Waals surface area contributed by atoms with Crippen molar-refractivity contribution in [2.75, 3.05) is 6.61 Å². The molecule has 25 heavy (non-hydrogen) atoms. The Hall–Kier alpha value is -2.41. The SMILES string of the molecule is CC(C)(C)OC(=O)N1[C@@H](/C=C/c2cccc([N+](=O)[O-])c2)COC1(C)C. The van der Waals surface area contributed by atoms with Crippen molar-refractivity contribution < 1.29 is 19.2 Å². The summed E-state index contributed by atoms with van der Waals surface area (Å²) >= 11 is 0. The molecule has 0 saturated carbocycles. The van der Waals surface area contributed by atoms with Crippen LogP contribution in [0.4, 0.5) is 10.5 Å². The Kier molecular flexibility index (Phi) is 5.17. The number of nitrogens with zero attached hydrogens (tertiary/aromatic N) is 2. The smallest absolute Gasteiger partial charge is 0.413 e. The van der Waals surface area contributed by atoms with Crippen LogP contribution in [0.25, 0.3) is 6.08 Å². The molecule has 0 radical (unpaired) electrons. The summed E-state index contributed by atoms with van der Waals surface area (Å²) in [7, 11) is 0. The molecule has 7 nitrogen and oxygen atoms in total. The molecular formula is C18H24N2O5. The predicted octanol–water partition coefficient (Wildman–Crippen LogP) is 3.98. The third-order valence-electron chi connectivity index (χ3n) is 3.70. The molecule has 0 aliphatic carbocycles. The molecular weight excluding hydrogens is 324 g/mol. The van der Waals surface area contributed by atoms with Crippen LogP contribution >= 0.6 is 0 Å². The Balaban J connectivity index is 2.21. The molecule has 1 aromatic rings. The number of nitro benzene ring substituents is 1. The van der Waals surface area contributed by atoms with E-state index in [9.17, 15) is 14.9 Å². The highest BCUT2D eigenvalue weighted by molar-refractivity contribution is 5.70. The summed E-state index contributed by atoms with van der Waals surface area (Å²) in [4.78, 5) is 24.5. The first-order valence-corrected chi connectivity index (χ1v) is 8.08. The number of amides is 1. The number of carbonyl (C=O) groups excluding carboxylic acids is 1. The van der Waals surface area contributed by atoms with Crippen LogP contribution in [0.1, 0.15) is 40.2 Å². The van der Waals surface area contributed by atoms with Crippen LogP contribution in [-0.4, -0.2) is 39.9 Å². The van der Waals surface area contributed by atoms with Gasteiger partial charge in [-0.3, -0.25) is 15.0 Å². The second-order valence-electron chi connectivity index (χ2n) is 7.39. The lowest BCUT2D eigenvalue weighted by Gasteiger charge is -2.34. The Labute approximate surface area is 147 Å². The average molecular weight is 348 g/mol. The Morgan fingerprint density at radius 2 is 2.12 bits per heavy atom. The largest absolute Gasteiger partial charge is 0.444 e. The maximum atomic E-state index is 12.5. The second kappa shape index (κ2) is 6.84. The predicted molar refractivity (Wildman–Crippen MR) is 94.0 cm³/mol. The van der Waals surface area contributed by atoms with Gasteiger partial charge < -0.3 is 9.47 Å². The van der Waals surface area contributed by atoms with Crippen molar-refractivity contribution in [3.05, 3.63) is 46.0 Å². The molecule has 0 unspecified atom stereocenters. The summed E-state index contributed by atoms with van der Waals surface area (Å²) in [5.74, 6) is 0. The van der Waals surface area contributed by atoms with E-state index in [1.165, 1.54) is 12.1 Å². The second-order valence-corrected chi connectivity index (χ2v) is 7.39. The summed E-state index contributed by atoms with van der Waals surface area (Å²) in [6.07, 6.45) is 3.10. The van der Waals surface area contributed by atoms with E-state index >= 15 is 0 Å². The lowest BCUT2D eigenvalue weighted by Crippen LogP contribution is -2.49. The maximum absolute atomic E-state index is 12.5. The molecule has 1 aromatic carbocycles. The van der Waals surface area contributed by atoms with Crippen LogP contribution in [0.5, 0.6) is 0 Å². The van der Waals surface area contributed by atoms with Crippen molar-refractivity contribution in [1.29, 1.82) is 0 Å². The topological polar surface area (TPSA) is 81.9 Å². The molecule has 7 heteroatoms. The molecule has 1 fully saturated rings. The molecule has 0 N–H and O–H groups in total. The fourth-order valence-corrected chi connectivity index (χ4v) is 2.60. The van der Waals surface area contributed by atoms with Crippen LogP contribution in [0.15, 0.2) is 30.3 Å². The van der Waals surface area contributed by atoms with Crippen LogP contribution in [0.2, 0.25) is 0 Å². The van der Waals surface area contributed by atoms with Crippen molar-refractivity contribution in [3.63, 3.8) is 0 Å². The Morgan fingerprint density at radius 3 is 2.72 bits per heavy atom. The van der Waals surface area contributed by atoms with E-state index in [1.54, 1.807) is 43.0 Å². The standard InChI is InChI=1S/C18H24N2O5/c1-17(2,3)25-16(21)19-15(12-24-18(19,4)5)10-9-13-7-6-8-14(11-13)20(22)23/h6-11,15H,12H2,1-5H3/b10-9+/t15-/m0/s1. The monoisotopic (exact) mass is 348 g/mol. The molecule has 0 aromatic heterocycles. The zero-order chi connectivity index (χ0) is 18.8. The number of hydrogen-bond donors (Lipinski definition) is 0. The van der Waals surface area contributed by atoms with E-state index in [-0.39, 0.29) is 11.7 Å². The number of hydrogen-bond acceptors (Lipinski definition) is 5. The van der Waals surface area contributed by atoms with Crippen LogP contribution < -0.4 is 0 Å². The summed E-state index contributed by atoms with van der Waals surface area (Å²) in [5, 5.41) is 10.9. The number of ether oxygens (including phenoxy) is 2. The van der Waals surface area contributed by atoms with Gasteiger partial charge in [0.2, 0.25) is 0 Å². The van der Waals surface area contributed by atoms with Crippen molar-refractivity contribution in [3.8, 4) is 0 Å². The summed E-state index contributed by atoms with van der Waals surface area (Å²) in [6.45, 7) is 9.36. The zero-order valence-corrected chi connectivity index (χ0v) is 15.2. The van der Waals surface area contributed by atoms with Gasteiger partial charge in [-0.15, -0.1) is 0 Å². The summed E-state index contributed by atoms with van der Waals surface area (Å²) < 4.78 is 11.2. The van der Waals surface area contributed by atoms with Gasteiger partial charge in [0, 0.05) is 12.1 Å². The lowest BCUT2D eigenvalue weighted by atomic mass is 10.1. The molecule has 1 atom stereocenters. The minimum absolute atomic E-state index is 0.0224. The normalized spacial score (nSPS) is 20.0. The number of carbonyl (C=O) groups is 1. The van der Waals surface area contributed by atoms with E-state index in [2.05, 4.69) is 0 Å². The maximum Gasteiger partial charge on any atom is 0.413 e. The van der Waals surface area contributed by atoms with E-state index in [0.717, 1.165) is 0 Å². The molecule has 136 valence electrons. The van der Waals surface area contributed by atoms with Crippen molar-refractivity contribution in [1.82, 2.24) is 4.90 Å². The zero-order valence-electron chi connectivity index (χ0n) is 15.2. The molecule has 0 bridgehead atoms. The molecule has 2 rings (SSSR count). The highest BCUT2D eigenvalue weighted by Crippen LogP contribution is 2.30. The van der Waals surface area contributed by atoms with E-state index in [4.69, 9.17) is 9.47 Å². The number of non-ortho nitro benzene ring substituents is 1. The first kappa shape index (κ1) is 18.9. The van der Waals surface area contributed by atoms with Gasteiger partial charge in [0.25, 0.3) is 5.69 Å². The number of nitro groups is 1. The molecule has 0 spiro atoms. The highest BCUT2D eigenvalue weighted by Gasteiger charge is 2.44. The highest BCUT2D eigenvalue weighted by atomic mass is 16.6. The fraction of sp³-hybridized carbons (Fsp3) is 0.500. The molecule has 1 aliphatic rings. The molecule has 1 aliphatic heterocycles. The van der Waals surface area contributed by atoms with Gasteiger partial charge in [0.15, 0.2) is 0 Å². The minimum Gasteiger partial charge on any atom is -0.444 e. The van der Waals surface area contributed by atoms with E-state index < -0.39 is 22.3 Å². The quantitative estimate of drug-likeness (QED) is 0.609. The Morgan fingerprint density at radius 1 is 1.44 bits per heavy atom. The van der Waals surface area contributed by atoms with Crippen molar-refractivity contribution >= 4 is 17.9 Å².